The molecule has 1 aromatic carbocycles. The predicted molar refractivity (Wildman–Crippen MR) is 82.3 cm³/mol. The van der Waals surface area contributed by atoms with Gasteiger partial charge in [0.15, 0.2) is 5.65 Å². The Kier molecular flexibility index (Phi) is 3.27. The van der Waals surface area contributed by atoms with Crippen LogP contribution < -0.4 is 10.6 Å². The highest BCUT2D eigenvalue weighted by atomic mass is 79.9. The smallest absolute Gasteiger partial charge is 0.224 e. The van der Waals surface area contributed by atoms with Gasteiger partial charge in [-0.2, -0.15) is 15.1 Å². The molecule has 3 N–H and O–H groups in total. The van der Waals surface area contributed by atoms with E-state index in [1.807, 2.05) is 24.1 Å². The van der Waals surface area contributed by atoms with Gasteiger partial charge in [0.1, 0.15) is 5.82 Å². The lowest BCUT2D eigenvalue weighted by Gasteiger charge is -2.19. The van der Waals surface area contributed by atoms with E-state index in [9.17, 15) is 0 Å². The number of anilines is 2. The fraction of sp³-hybridized carbons (Fsp3) is 0.154. The molecule has 0 spiro atoms. The Morgan fingerprint density at radius 1 is 1.25 bits per heavy atom. The maximum absolute atomic E-state index is 5.73. The molecule has 0 atom stereocenters. The topological polar surface area (TPSA) is 83.7 Å². The van der Waals surface area contributed by atoms with Crippen molar-refractivity contribution in [1.82, 2.24) is 20.2 Å². The van der Waals surface area contributed by atoms with Crippen LogP contribution in [0.2, 0.25) is 0 Å². The molecular formula is C13H13BrN6. The Labute approximate surface area is 124 Å². The lowest BCUT2D eigenvalue weighted by Crippen LogP contribution is -2.18. The molecule has 0 saturated heterocycles. The summed E-state index contributed by atoms with van der Waals surface area (Å²) in [6.07, 6.45) is 1.71. The van der Waals surface area contributed by atoms with Crippen molar-refractivity contribution in [3.8, 4) is 0 Å². The summed E-state index contributed by atoms with van der Waals surface area (Å²) >= 11 is 3.43. The first-order valence-electron chi connectivity index (χ1n) is 6.05. The predicted octanol–water partition coefficient (Wildman–Crippen LogP) is 2.33. The SMILES string of the molecule is CN(Cc1ccc(Br)cc1)c1nc(N)nc2[nH]ncc12. The number of halogens is 1. The largest absolute Gasteiger partial charge is 0.368 e. The number of nitrogens with one attached hydrogen (secondary N) is 1. The van der Waals surface area contributed by atoms with Gasteiger partial charge in [0.25, 0.3) is 0 Å². The third kappa shape index (κ3) is 2.44. The lowest BCUT2D eigenvalue weighted by atomic mass is 10.2. The minimum absolute atomic E-state index is 0.236. The maximum Gasteiger partial charge on any atom is 0.224 e. The number of nitrogens with zero attached hydrogens (tertiary/aromatic N) is 4. The Hall–Kier alpha value is -2.15. The molecule has 0 amide bonds. The van der Waals surface area contributed by atoms with Crippen molar-refractivity contribution in [1.29, 1.82) is 0 Å². The summed E-state index contributed by atoms with van der Waals surface area (Å²) in [5.41, 5.74) is 7.57. The fourth-order valence-corrected chi connectivity index (χ4v) is 2.33. The molecular weight excluding hydrogens is 320 g/mol. The van der Waals surface area contributed by atoms with E-state index in [0.29, 0.717) is 5.65 Å². The van der Waals surface area contributed by atoms with Gasteiger partial charge < -0.3 is 10.6 Å². The first-order chi connectivity index (χ1) is 9.63. The Morgan fingerprint density at radius 2 is 2.00 bits per heavy atom. The van der Waals surface area contributed by atoms with E-state index in [4.69, 9.17) is 5.73 Å². The van der Waals surface area contributed by atoms with Crippen LogP contribution in [-0.2, 0) is 6.54 Å². The van der Waals surface area contributed by atoms with Crippen molar-refractivity contribution < 1.29 is 0 Å². The molecule has 102 valence electrons. The standard InChI is InChI=1S/C13H13BrN6/c1-20(7-8-2-4-9(14)5-3-8)12-10-6-16-19-11(10)17-13(15)18-12/h2-6H,7H2,1H3,(H3,15,16,17,18,19). The van der Waals surface area contributed by atoms with Crippen LogP contribution >= 0.6 is 15.9 Å². The number of benzene rings is 1. The van der Waals surface area contributed by atoms with E-state index >= 15 is 0 Å². The molecule has 0 unspecified atom stereocenters. The van der Waals surface area contributed by atoms with Crippen LogP contribution in [-0.4, -0.2) is 27.2 Å². The van der Waals surface area contributed by atoms with Gasteiger partial charge in [-0.05, 0) is 17.7 Å². The van der Waals surface area contributed by atoms with Crippen LogP contribution in [0.5, 0.6) is 0 Å². The van der Waals surface area contributed by atoms with Crippen molar-refractivity contribution in [3.63, 3.8) is 0 Å². The normalized spacial score (nSPS) is 10.9. The van der Waals surface area contributed by atoms with Crippen LogP contribution in [0.1, 0.15) is 5.56 Å². The molecule has 3 rings (SSSR count). The molecule has 0 aliphatic rings. The third-order valence-electron chi connectivity index (χ3n) is 3.00. The summed E-state index contributed by atoms with van der Waals surface area (Å²) in [6.45, 7) is 0.726. The number of nitrogens with two attached hydrogens (primary N) is 1. The molecule has 7 heteroatoms. The zero-order valence-corrected chi connectivity index (χ0v) is 12.4. The molecule has 2 heterocycles. The number of nitrogen functional groups attached to an aromatic ring is 1. The Balaban J connectivity index is 1.93. The van der Waals surface area contributed by atoms with Crippen LogP contribution in [0.25, 0.3) is 11.0 Å². The molecule has 0 fully saturated rings. The summed E-state index contributed by atoms with van der Waals surface area (Å²) in [7, 11) is 1.97. The van der Waals surface area contributed by atoms with Gasteiger partial charge in [0.2, 0.25) is 5.95 Å². The fourth-order valence-electron chi connectivity index (χ4n) is 2.07. The maximum atomic E-state index is 5.73. The van der Waals surface area contributed by atoms with Gasteiger partial charge in [0, 0.05) is 18.1 Å². The second kappa shape index (κ2) is 5.09. The Morgan fingerprint density at radius 3 is 2.75 bits per heavy atom. The van der Waals surface area contributed by atoms with Crippen molar-refractivity contribution in [2.75, 3.05) is 17.7 Å². The van der Waals surface area contributed by atoms with E-state index in [0.717, 1.165) is 22.2 Å². The van der Waals surface area contributed by atoms with Gasteiger partial charge in [-0.15, -0.1) is 0 Å². The summed E-state index contributed by atoms with van der Waals surface area (Å²) in [5, 5.41) is 7.66. The van der Waals surface area contributed by atoms with Gasteiger partial charge in [-0.25, -0.2) is 0 Å². The van der Waals surface area contributed by atoms with E-state index < -0.39 is 0 Å². The van der Waals surface area contributed by atoms with Crippen LogP contribution in [0.15, 0.2) is 34.9 Å². The average Bonchev–Trinajstić information content (AvgIpc) is 2.88. The van der Waals surface area contributed by atoms with Crippen molar-refractivity contribution in [2.45, 2.75) is 6.54 Å². The van der Waals surface area contributed by atoms with Crippen molar-refractivity contribution in [2.24, 2.45) is 0 Å². The molecule has 0 saturated carbocycles. The monoisotopic (exact) mass is 332 g/mol. The van der Waals surface area contributed by atoms with Crippen LogP contribution in [0, 0.1) is 0 Å². The second-order valence-corrected chi connectivity index (χ2v) is 5.44. The van der Waals surface area contributed by atoms with Gasteiger partial charge in [-0.3, -0.25) is 5.10 Å². The summed E-state index contributed by atoms with van der Waals surface area (Å²) < 4.78 is 1.06. The molecule has 6 nitrogen and oxygen atoms in total. The average molecular weight is 333 g/mol. The highest BCUT2D eigenvalue weighted by Gasteiger charge is 2.12. The number of aromatic amines is 1. The highest BCUT2D eigenvalue weighted by molar-refractivity contribution is 9.10. The zero-order chi connectivity index (χ0) is 14.1. The first-order valence-corrected chi connectivity index (χ1v) is 6.85. The molecule has 0 radical (unpaired) electrons. The van der Waals surface area contributed by atoms with E-state index in [-0.39, 0.29) is 5.95 Å². The Bertz CT molecular complexity index is 736. The summed E-state index contributed by atoms with van der Waals surface area (Å²) in [4.78, 5) is 10.5. The minimum atomic E-state index is 0.236. The number of rotatable bonds is 3. The second-order valence-electron chi connectivity index (χ2n) is 4.52. The molecule has 0 aliphatic heterocycles. The van der Waals surface area contributed by atoms with Crippen LogP contribution in [0.4, 0.5) is 11.8 Å². The van der Waals surface area contributed by atoms with Crippen molar-refractivity contribution in [3.05, 3.63) is 40.5 Å². The van der Waals surface area contributed by atoms with Gasteiger partial charge in [0.05, 0.1) is 11.6 Å². The summed E-state index contributed by atoms with van der Waals surface area (Å²) in [6, 6.07) is 8.17. The molecule has 0 aliphatic carbocycles. The number of H-pyrrole nitrogens is 1. The number of fused-ring (bicyclic) bond motifs is 1. The quantitative estimate of drug-likeness (QED) is 0.769. The van der Waals surface area contributed by atoms with Gasteiger partial charge in [-0.1, -0.05) is 28.1 Å². The lowest BCUT2D eigenvalue weighted by molar-refractivity contribution is 0.902. The molecule has 2 aromatic heterocycles. The van der Waals surface area contributed by atoms with E-state index in [1.165, 1.54) is 5.56 Å². The van der Waals surface area contributed by atoms with Gasteiger partial charge >= 0.3 is 0 Å². The molecule has 0 bridgehead atoms. The van der Waals surface area contributed by atoms with E-state index in [2.05, 4.69) is 48.2 Å². The number of hydrogen-bond donors (Lipinski definition) is 2. The first kappa shape index (κ1) is 12.9. The minimum Gasteiger partial charge on any atom is -0.368 e. The number of hydrogen-bond acceptors (Lipinski definition) is 5. The van der Waals surface area contributed by atoms with E-state index in [1.54, 1.807) is 6.20 Å². The zero-order valence-electron chi connectivity index (χ0n) is 10.8. The molecule has 20 heavy (non-hydrogen) atoms. The van der Waals surface area contributed by atoms with Crippen LogP contribution in [0.3, 0.4) is 0 Å². The summed E-state index contributed by atoms with van der Waals surface area (Å²) in [5.74, 6) is 1.00. The molecule has 3 aromatic rings. The highest BCUT2D eigenvalue weighted by Crippen LogP contribution is 2.23. The number of aromatic nitrogens is 4. The third-order valence-corrected chi connectivity index (χ3v) is 3.53. The van der Waals surface area contributed by atoms with Crippen molar-refractivity contribution >= 4 is 38.7 Å².